The SMILES string of the molecule is CC(C)C(NC(=O)N(C)CCc1cccs1)C(=O)O. The summed E-state index contributed by atoms with van der Waals surface area (Å²) in [7, 11) is 1.67. The number of thiophene rings is 1. The second-order valence-electron chi connectivity index (χ2n) is 4.76. The fraction of sp³-hybridized carbons (Fsp3) is 0.538. The molecular weight excluding hydrogens is 264 g/mol. The van der Waals surface area contributed by atoms with Gasteiger partial charge in [-0.1, -0.05) is 19.9 Å². The summed E-state index contributed by atoms with van der Waals surface area (Å²) in [5.74, 6) is -1.15. The summed E-state index contributed by atoms with van der Waals surface area (Å²) in [6.07, 6.45) is 0.779. The lowest BCUT2D eigenvalue weighted by Crippen LogP contribution is -2.49. The summed E-state index contributed by atoms with van der Waals surface area (Å²) in [6, 6.07) is 2.79. The zero-order valence-corrected chi connectivity index (χ0v) is 12.2. The minimum atomic E-state index is -1.00. The van der Waals surface area contributed by atoms with E-state index in [-0.39, 0.29) is 11.9 Å². The Labute approximate surface area is 117 Å². The van der Waals surface area contributed by atoms with Crippen molar-refractivity contribution in [3.8, 4) is 0 Å². The fourth-order valence-corrected chi connectivity index (χ4v) is 2.29. The van der Waals surface area contributed by atoms with E-state index >= 15 is 0 Å². The largest absolute Gasteiger partial charge is 0.480 e. The van der Waals surface area contributed by atoms with Gasteiger partial charge in [0.15, 0.2) is 0 Å². The molecule has 0 fully saturated rings. The molecule has 2 N–H and O–H groups in total. The first-order valence-corrected chi connectivity index (χ1v) is 7.06. The molecule has 19 heavy (non-hydrogen) atoms. The zero-order valence-electron chi connectivity index (χ0n) is 11.4. The molecule has 1 aromatic rings. The topological polar surface area (TPSA) is 69.6 Å². The van der Waals surface area contributed by atoms with Crippen LogP contribution in [0.2, 0.25) is 0 Å². The minimum Gasteiger partial charge on any atom is -0.480 e. The van der Waals surface area contributed by atoms with E-state index in [1.165, 1.54) is 9.78 Å². The van der Waals surface area contributed by atoms with E-state index in [9.17, 15) is 9.59 Å². The van der Waals surface area contributed by atoms with Gasteiger partial charge in [0, 0.05) is 18.5 Å². The van der Waals surface area contributed by atoms with E-state index in [0.717, 1.165) is 6.42 Å². The van der Waals surface area contributed by atoms with Crippen molar-refractivity contribution in [3.63, 3.8) is 0 Å². The molecule has 1 heterocycles. The first-order valence-electron chi connectivity index (χ1n) is 6.18. The van der Waals surface area contributed by atoms with Crippen LogP contribution in [-0.2, 0) is 11.2 Å². The molecule has 1 unspecified atom stereocenters. The first kappa shape index (κ1) is 15.5. The van der Waals surface area contributed by atoms with Crippen molar-refractivity contribution in [3.05, 3.63) is 22.4 Å². The fourth-order valence-electron chi connectivity index (χ4n) is 1.59. The van der Waals surface area contributed by atoms with E-state index in [4.69, 9.17) is 5.11 Å². The van der Waals surface area contributed by atoms with E-state index < -0.39 is 12.0 Å². The Morgan fingerprint density at radius 1 is 1.47 bits per heavy atom. The number of aliphatic carboxylic acids is 1. The molecule has 1 aromatic heterocycles. The Hall–Kier alpha value is -1.56. The van der Waals surface area contributed by atoms with Gasteiger partial charge in [0.05, 0.1) is 0 Å². The van der Waals surface area contributed by atoms with Crippen LogP contribution in [-0.4, -0.2) is 41.6 Å². The maximum absolute atomic E-state index is 11.9. The Bertz CT molecular complexity index is 418. The minimum absolute atomic E-state index is 0.146. The van der Waals surface area contributed by atoms with E-state index in [0.29, 0.717) is 6.54 Å². The van der Waals surface area contributed by atoms with Gasteiger partial charge in [0.1, 0.15) is 6.04 Å². The lowest BCUT2D eigenvalue weighted by atomic mass is 10.1. The summed E-state index contributed by atoms with van der Waals surface area (Å²) >= 11 is 1.65. The van der Waals surface area contributed by atoms with Gasteiger partial charge >= 0.3 is 12.0 Å². The number of carboxylic acid groups (broad SMARTS) is 1. The number of hydrogen-bond donors (Lipinski definition) is 2. The lowest BCUT2D eigenvalue weighted by Gasteiger charge is -2.23. The molecule has 0 spiro atoms. The Morgan fingerprint density at radius 2 is 2.16 bits per heavy atom. The molecule has 0 saturated carbocycles. The summed E-state index contributed by atoms with van der Waals surface area (Å²) < 4.78 is 0. The quantitative estimate of drug-likeness (QED) is 0.840. The number of carbonyl (C=O) groups excluding carboxylic acids is 1. The lowest BCUT2D eigenvalue weighted by molar-refractivity contribution is -0.140. The molecule has 0 aliphatic rings. The molecule has 5 nitrogen and oxygen atoms in total. The van der Waals surface area contributed by atoms with Crippen molar-refractivity contribution in [2.75, 3.05) is 13.6 Å². The predicted octanol–water partition coefficient (Wildman–Crippen LogP) is 2.04. The van der Waals surface area contributed by atoms with Crippen LogP contribution in [0.25, 0.3) is 0 Å². The van der Waals surface area contributed by atoms with Gasteiger partial charge in [-0.3, -0.25) is 0 Å². The van der Waals surface area contributed by atoms with Crippen molar-refractivity contribution in [1.82, 2.24) is 10.2 Å². The number of nitrogens with zero attached hydrogens (tertiary/aromatic N) is 1. The van der Waals surface area contributed by atoms with Crippen LogP contribution >= 0.6 is 11.3 Å². The summed E-state index contributed by atoms with van der Waals surface area (Å²) in [5.41, 5.74) is 0. The van der Waals surface area contributed by atoms with Gasteiger partial charge in [-0.15, -0.1) is 11.3 Å². The highest BCUT2D eigenvalue weighted by Gasteiger charge is 2.24. The molecule has 0 bridgehead atoms. The van der Waals surface area contributed by atoms with Crippen molar-refractivity contribution in [1.29, 1.82) is 0 Å². The third kappa shape index (κ3) is 4.90. The summed E-state index contributed by atoms with van der Waals surface area (Å²) in [6.45, 7) is 4.10. The molecular formula is C13H20N2O3S. The highest BCUT2D eigenvalue weighted by molar-refractivity contribution is 7.09. The van der Waals surface area contributed by atoms with Gasteiger partial charge in [-0.05, 0) is 23.8 Å². The van der Waals surface area contributed by atoms with Crippen LogP contribution < -0.4 is 5.32 Å². The van der Waals surface area contributed by atoms with Crippen LogP contribution in [0.3, 0.4) is 0 Å². The molecule has 1 atom stereocenters. The molecule has 0 aliphatic heterocycles. The maximum atomic E-state index is 11.9. The maximum Gasteiger partial charge on any atom is 0.326 e. The van der Waals surface area contributed by atoms with Crippen LogP contribution in [0, 0.1) is 5.92 Å². The number of carboxylic acids is 1. The Morgan fingerprint density at radius 3 is 2.63 bits per heavy atom. The molecule has 0 aromatic carbocycles. The first-order chi connectivity index (χ1) is 8.91. The Kier molecular flexibility index (Phi) is 5.82. The second-order valence-corrected chi connectivity index (χ2v) is 5.79. The molecule has 0 aliphatic carbocycles. The number of nitrogens with one attached hydrogen (secondary N) is 1. The monoisotopic (exact) mass is 284 g/mol. The molecule has 0 radical (unpaired) electrons. The van der Waals surface area contributed by atoms with Crippen molar-refractivity contribution in [2.45, 2.75) is 26.3 Å². The standard InChI is InChI=1S/C13H20N2O3S/c1-9(2)11(12(16)17)14-13(18)15(3)7-6-10-5-4-8-19-10/h4-5,8-9,11H,6-7H2,1-3H3,(H,14,18)(H,16,17). The Balaban J connectivity index is 2.45. The highest BCUT2D eigenvalue weighted by Crippen LogP contribution is 2.09. The highest BCUT2D eigenvalue weighted by atomic mass is 32.1. The van der Waals surface area contributed by atoms with Gasteiger partial charge in [-0.25, -0.2) is 9.59 Å². The van der Waals surface area contributed by atoms with E-state index in [1.54, 1.807) is 32.2 Å². The van der Waals surface area contributed by atoms with Crippen LogP contribution in [0.4, 0.5) is 4.79 Å². The number of urea groups is 1. The van der Waals surface area contributed by atoms with Crippen LogP contribution in [0.1, 0.15) is 18.7 Å². The number of amides is 2. The molecule has 1 rings (SSSR count). The third-order valence-corrected chi connectivity index (χ3v) is 3.77. The van der Waals surface area contributed by atoms with Crippen LogP contribution in [0.15, 0.2) is 17.5 Å². The van der Waals surface area contributed by atoms with Gasteiger partial charge in [-0.2, -0.15) is 0 Å². The van der Waals surface area contributed by atoms with Gasteiger partial charge < -0.3 is 15.3 Å². The number of hydrogen-bond acceptors (Lipinski definition) is 3. The van der Waals surface area contributed by atoms with E-state index in [2.05, 4.69) is 5.32 Å². The average molecular weight is 284 g/mol. The van der Waals surface area contributed by atoms with Gasteiger partial charge in [0.2, 0.25) is 0 Å². The number of carbonyl (C=O) groups is 2. The molecule has 6 heteroatoms. The van der Waals surface area contributed by atoms with E-state index in [1.807, 2.05) is 17.5 Å². The normalized spacial score (nSPS) is 12.2. The average Bonchev–Trinajstić information content (AvgIpc) is 2.84. The summed E-state index contributed by atoms with van der Waals surface area (Å²) in [5, 5.41) is 13.6. The second kappa shape index (κ2) is 7.13. The predicted molar refractivity (Wildman–Crippen MR) is 75.4 cm³/mol. The molecule has 2 amide bonds. The smallest absolute Gasteiger partial charge is 0.326 e. The van der Waals surface area contributed by atoms with Gasteiger partial charge in [0.25, 0.3) is 0 Å². The number of likely N-dealkylation sites (N-methyl/N-ethyl adjacent to an activating group) is 1. The zero-order chi connectivity index (χ0) is 14.4. The molecule has 0 saturated heterocycles. The van der Waals surface area contributed by atoms with Crippen molar-refractivity contribution >= 4 is 23.3 Å². The molecule has 106 valence electrons. The summed E-state index contributed by atoms with van der Waals surface area (Å²) in [4.78, 5) is 25.6. The van der Waals surface area contributed by atoms with Crippen molar-refractivity contribution < 1.29 is 14.7 Å². The van der Waals surface area contributed by atoms with Crippen LogP contribution in [0.5, 0.6) is 0 Å². The van der Waals surface area contributed by atoms with Crippen molar-refractivity contribution in [2.24, 2.45) is 5.92 Å². The number of rotatable bonds is 6. The third-order valence-electron chi connectivity index (χ3n) is 2.83.